The molecule has 1 saturated heterocycles. The minimum Gasteiger partial charge on any atom is -0.352 e. The summed E-state index contributed by atoms with van der Waals surface area (Å²) in [5.74, 6) is 0.408. The average molecular weight is 343 g/mol. The number of piperidine rings is 1. The van der Waals surface area contributed by atoms with Crippen LogP contribution >= 0.6 is 15.9 Å². The molecule has 5 heteroatoms. The van der Waals surface area contributed by atoms with Crippen LogP contribution in [0.15, 0.2) is 22.7 Å². The van der Waals surface area contributed by atoms with Gasteiger partial charge in [0.2, 0.25) is 5.91 Å². The van der Waals surface area contributed by atoms with E-state index < -0.39 is 0 Å². The van der Waals surface area contributed by atoms with Gasteiger partial charge in [0.05, 0.1) is 4.47 Å². The van der Waals surface area contributed by atoms with Crippen molar-refractivity contribution in [3.63, 3.8) is 0 Å². The van der Waals surface area contributed by atoms with Crippen molar-refractivity contribution < 1.29 is 9.18 Å². The highest BCUT2D eigenvalue weighted by molar-refractivity contribution is 9.10. The fourth-order valence-corrected chi connectivity index (χ4v) is 2.69. The lowest BCUT2D eigenvalue weighted by Gasteiger charge is -2.22. The lowest BCUT2D eigenvalue weighted by molar-refractivity contribution is -0.121. The molecule has 0 aromatic heterocycles. The first-order valence-corrected chi connectivity index (χ1v) is 7.86. The van der Waals surface area contributed by atoms with Gasteiger partial charge in [-0.25, -0.2) is 4.39 Å². The predicted molar refractivity (Wildman–Crippen MR) is 80.8 cm³/mol. The van der Waals surface area contributed by atoms with Crippen molar-refractivity contribution in [2.45, 2.75) is 32.2 Å². The molecule has 0 saturated carbocycles. The average Bonchev–Trinajstić information content (AvgIpc) is 2.47. The first kappa shape index (κ1) is 15.4. The summed E-state index contributed by atoms with van der Waals surface area (Å²) in [5.41, 5.74) is 0.779. The predicted octanol–water partition coefficient (Wildman–Crippen LogP) is 2.98. The van der Waals surface area contributed by atoms with Crippen LogP contribution in [0.3, 0.4) is 0 Å². The molecule has 1 fully saturated rings. The number of carbonyl (C=O) groups excluding carboxylic acids is 1. The van der Waals surface area contributed by atoms with Gasteiger partial charge in [0.25, 0.3) is 0 Å². The Morgan fingerprint density at radius 1 is 1.40 bits per heavy atom. The Bertz CT molecular complexity index is 461. The Morgan fingerprint density at radius 2 is 2.15 bits per heavy atom. The first-order valence-electron chi connectivity index (χ1n) is 7.06. The monoisotopic (exact) mass is 342 g/mol. The summed E-state index contributed by atoms with van der Waals surface area (Å²) in [6.07, 6.45) is 3.82. The summed E-state index contributed by atoms with van der Waals surface area (Å²) in [7, 11) is 0. The Balaban J connectivity index is 1.70. The van der Waals surface area contributed by atoms with Gasteiger partial charge < -0.3 is 10.6 Å². The molecule has 3 nitrogen and oxygen atoms in total. The highest BCUT2D eigenvalue weighted by Crippen LogP contribution is 2.18. The van der Waals surface area contributed by atoms with Gasteiger partial charge in [-0.1, -0.05) is 6.07 Å². The lowest BCUT2D eigenvalue weighted by Crippen LogP contribution is -2.29. The van der Waals surface area contributed by atoms with Crippen LogP contribution < -0.4 is 10.6 Å². The van der Waals surface area contributed by atoms with E-state index in [2.05, 4.69) is 26.6 Å². The summed E-state index contributed by atoms with van der Waals surface area (Å²) in [6.45, 7) is 2.50. The molecule has 1 aliphatic heterocycles. The molecule has 0 unspecified atom stereocenters. The van der Waals surface area contributed by atoms with E-state index in [1.54, 1.807) is 12.1 Å². The second-order valence-electron chi connectivity index (χ2n) is 5.26. The van der Waals surface area contributed by atoms with Gasteiger partial charge in [-0.3, -0.25) is 4.79 Å². The Hall–Kier alpha value is -0.940. The van der Waals surface area contributed by atoms with Crippen LogP contribution in [0.2, 0.25) is 0 Å². The third kappa shape index (κ3) is 4.87. The molecule has 110 valence electrons. The zero-order chi connectivity index (χ0) is 14.4. The number of benzene rings is 1. The fourth-order valence-electron chi connectivity index (χ4n) is 2.44. The van der Waals surface area contributed by atoms with Crippen LogP contribution in [0.1, 0.15) is 31.2 Å². The van der Waals surface area contributed by atoms with Crippen molar-refractivity contribution in [1.29, 1.82) is 0 Å². The van der Waals surface area contributed by atoms with E-state index >= 15 is 0 Å². The maximum atomic E-state index is 13.3. The highest BCUT2D eigenvalue weighted by Gasteiger charge is 2.14. The van der Waals surface area contributed by atoms with E-state index in [-0.39, 0.29) is 11.7 Å². The van der Waals surface area contributed by atoms with Crippen molar-refractivity contribution in [2.75, 3.05) is 13.1 Å². The van der Waals surface area contributed by atoms with E-state index in [0.29, 0.717) is 23.4 Å². The second-order valence-corrected chi connectivity index (χ2v) is 6.11. The molecule has 2 rings (SSSR count). The van der Waals surface area contributed by atoms with Crippen molar-refractivity contribution in [3.8, 4) is 0 Å². The highest BCUT2D eigenvalue weighted by atomic mass is 79.9. The standard InChI is InChI=1S/C15H20BrFN2O/c16-13-3-1-12(9-14(13)17)10-19-15(20)4-2-11-5-7-18-8-6-11/h1,3,9,11,18H,2,4-8,10H2,(H,19,20). The number of halogens is 2. The van der Waals surface area contributed by atoms with Gasteiger partial charge in [-0.15, -0.1) is 0 Å². The Labute approximate surface area is 127 Å². The van der Waals surface area contributed by atoms with E-state index in [9.17, 15) is 9.18 Å². The van der Waals surface area contributed by atoms with Gasteiger partial charge in [0.15, 0.2) is 0 Å². The lowest BCUT2D eigenvalue weighted by atomic mass is 9.93. The molecule has 1 heterocycles. The van der Waals surface area contributed by atoms with Gasteiger partial charge >= 0.3 is 0 Å². The van der Waals surface area contributed by atoms with Gasteiger partial charge in [0, 0.05) is 13.0 Å². The normalized spacial score (nSPS) is 16.1. The summed E-state index contributed by atoms with van der Waals surface area (Å²) in [4.78, 5) is 11.8. The van der Waals surface area contributed by atoms with Gasteiger partial charge in [-0.2, -0.15) is 0 Å². The zero-order valence-electron chi connectivity index (χ0n) is 11.4. The minimum absolute atomic E-state index is 0.0480. The molecule has 2 N–H and O–H groups in total. The molecule has 0 bridgehead atoms. The Kier molecular flexibility index (Phi) is 5.98. The van der Waals surface area contributed by atoms with Crippen LogP contribution in [-0.4, -0.2) is 19.0 Å². The maximum absolute atomic E-state index is 13.3. The molecule has 0 atom stereocenters. The van der Waals surface area contributed by atoms with Crippen LogP contribution in [0.4, 0.5) is 4.39 Å². The van der Waals surface area contributed by atoms with E-state index in [4.69, 9.17) is 0 Å². The quantitative estimate of drug-likeness (QED) is 0.863. The van der Waals surface area contributed by atoms with Crippen LogP contribution in [-0.2, 0) is 11.3 Å². The second kappa shape index (κ2) is 7.74. The fraction of sp³-hybridized carbons (Fsp3) is 0.533. The third-order valence-electron chi connectivity index (χ3n) is 3.71. The van der Waals surface area contributed by atoms with E-state index in [0.717, 1.165) is 37.9 Å². The van der Waals surface area contributed by atoms with Gasteiger partial charge in [-0.05, 0) is 71.9 Å². The van der Waals surface area contributed by atoms with E-state index in [1.807, 2.05) is 0 Å². The number of nitrogens with one attached hydrogen (secondary N) is 2. The third-order valence-corrected chi connectivity index (χ3v) is 4.36. The number of hydrogen-bond donors (Lipinski definition) is 2. The Morgan fingerprint density at radius 3 is 2.85 bits per heavy atom. The largest absolute Gasteiger partial charge is 0.352 e. The van der Waals surface area contributed by atoms with Crippen molar-refractivity contribution in [1.82, 2.24) is 10.6 Å². The summed E-state index contributed by atoms with van der Waals surface area (Å²) >= 11 is 3.11. The molecule has 0 aliphatic carbocycles. The molecule has 0 spiro atoms. The molecular formula is C15H20BrFN2O. The number of hydrogen-bond acceptors (Lipinski definition) is 2. The number of carbonyl (C=O) groups is 1. The van der Waals surface area contributed by atoms with E-state index in [1.165, 1.54) is 6.07 Å². The molecule has 20 heavy (non-hydrogen) atoms. The summed E-state index contributed by atoms with van der Waals surface area (Å²) in [6, 6.07) is 4.91. The summed E-state index contributed by atoms with van der Waals surface area (Å²) in [5, 5.41) is 6.17. The molecular weight excluding hydrogens is 323 g/mol. The zero-order valence-corrected chi connectivity index (χ0v) is 13.0. The summed E-state index contributed by atoms with van der Waals surface area (Å²) < 4.78 is 13.8. The molecule has 1 aliphatic rings. The van der Waals surface area contributed by atoms with Gasteiger partial charge in [0.1, 0.15) is 5.82 Å². The number of rotatable bonds is 5. The van der Waals surface area contributed by atoms with Crippen molar-refractivity contribution >= 4 is 21.8 Å². The molecule has 1 aromatic carbocycles. The first-order chi connectivity index (χ1) is 9.65. The molecule has 1 aromatic rings. The maximum Gasteiger partial charge on any atom is 0.220 e. The minimum atomic E-state index is -0.300. The topological polar surface area (TPSA) is 41.1 Å². The van der Waals surface area contributed by atoms with Crippen LogP contribution in [0.5, 0.6) is 0 Å². The SMILES string of the molecule is O=C(CCC1CCNCC1)NCc1ccc(Br)c(F)c1. The van der Waals surface area contributed by atoms with Crippen LogP contribution in [0.25, 0.3) is 0 Å². The molecule has 1 amide bonds. The molecule has 0 radical (unpaired) electrons. The smallest absolute Gasteiger partial charge is 0.220 e. The number of amides is 1. The van der Waals surface area contributed by atoms with Crippen molar-refractivity contribution in [3.05, 3.63) is 34.1 Å². The van der Waals surface area contributed by atoms with Crippen LogP contribution in [0, 0.1) is 11.7 Å². The van der Waals surface area contributed by atoms with Crippen molar-refractivity contribution in [2.24, 2.45) is 5.92 Å².